The van der Waals surface area contributed by atoms with Crippen molar-refractivity contribution in [3.63, 3.8) is 0 Å². The fraction of sp³-hybridized carbons (Fsp3) is 0.409. The van der Waals surface area contributed by atoms with Crippen molar-refractivity contribution in [2.45, 2.75) is 36.7 Å². The molecule has 3 heterocycles. The van der Waals surface area contributed by atoms with Crippen LogP contribution in [-0.4, -0.2) is 72.3 Å². The van der Waals surface area contributed by atoms with Crippen LogP contribution in [0.3, 0.4) is 0 Å². The summed E-state index contributed by atoms with van der Waals surface area (Å²) in [6.45, 7) is -0.741. The van der Waals surface area contributed by atoms with Crippen molar-refractivity contribution < 1.29 is 27.0 Å². The number of rotatable bonds is 8. The maximum absolute atomic E-state index is 13.5. The van der Waals surface area contributed by atoms with Gasteiger partial charge in [0.05, 0.1) is 11.7 Å². The molecule has 35 heavy (non-hydrogen) atoms. The first kappa shape index (κ1) is 23.3. The number of imide groups is 1. The highest BCUT2D eigenvalue weighted by molar-refractivity contribution is 7.90. The first-order valence-corrected chi connectivity index (χ1v) is 12.6. The molecule has 0 radical (unpaired) electrons. The van der Waals surface area contributed by atoms with E-state index in [0.717, 1.165) is 4.90 Å². The predicted molar refractivity (Wildman–Crippen MR) is 122 cm³/mol. The summed E-state index contributed by atoms with van der Waals surface area (Å²) < 4.78 is 46.5. The van der Waals surface area contributed by atoms with Crippen LogP contribution < -0.4 is 4.72 Å². The molecule has 3 aliphatic rings. The van der Waals surface area contributed by atoms with Crippen LogP contribution in [0, 0.1) is 0 Å². The van der Waals surface area contributed by atoms with E-state index in [4.69, 9.17) is 0 Å². The second kappa shape index (κ2) is 8.34. The summed E-state index contributed by atoms with van der Waals surface area (Å²) in [5.74, 6) is -0.0228. The van der Waals surface area contributed by atoms with Gasteiger partial charge in [-0.2, -0.15) is 19.4 Å². The van der Waals surface area contributed by atoms with Crippen LogP contribution in [0.2, 0.25) is 0 Å². The molecular weight excluding hydrogens is 477 g/mol. The Labute approximate surface area is 201 Å². The number of hydrogen-bond acceptors (Lipinski definition) is 6. The van der Waals surface area contributed by atoms with Crippen LogP contribution in [0.4, 0.5) is 9.18 Å². The molecule has 1 saturated carbocycles. The third kappa shape index (κ3) is 4.25. The minimum absolute atomic E-state index is 0.0302. The van der Waals surface area contributed by atoms with E-state index in [1.165, 1.54) is 22.8 Å². The topological polar surface area (TPSA) is 122 Å². The highest BCUT2D eigenvalue weighted by Crippen LogP contribution is 2.37. The largest absolute Gasteiger partial charge is 0.502 e. The van der Waals surface area contributed by atoms with Crippen molar-refractivity contribution in [1.29, 1.82) is 0 Å². The summed E-state index contributed by atoms with van der Waals surface area (Å²) in [5.41, 5.74) is -0.0293. The van der Waals surface area contributed by atoms with Crippen molar-refractivity contribution in [3.8, 4) is 0 Å². The fourth-order valence-corrected chi connectivity index (χ4v) is 5.77. The normalized spacial score (nSPS) is 21.4. The van der Waals surface area contributed by atoms with Crippen molar-refractivity contribution >= 4 is 27.7 Å². The number of carbonyl (C=O) groups excluding carboxylic acids is 2. The Hall–Kier alpha value is -3.45. The maximum atomic E-state index is 13.5. The molecule has 2 aliphatic carbocycles. The van der Waals surface area contributed by atoms with Crippen molar-refractivity contribution in [3.05, 3.63) is 60.0 Å². The van der Waals surface area contributed by atoms with Gasteiger partial charge in [-0.3, -0.25) is 4.68 Å². The molecule has 1 unspecified atom stereocenters. The number of urea groups is 1. The average Bonchev–Trinajstić information content (AvgIpc) is 3.27. The molecule has 11 nitrogen and oxygen atoms in total. The number of imidazole rings is 1. The van der Waals surface area contributed by atoms with Crippen molar-refractivity contribution in [1.82, 2.24) is 29.0 Å². The molecule has 13 heteroatoms. The van der Waals surface area contributed by atoms with Crippen molar-refractivity contribution in [2.75, 3.05) is 6.67 Å². The number of nitrogens with one attached hydrogen (secondary N) is 1. The van der Waals surface area contributed by atoms with E-state index in [0.29, 0.717) is 29.9 Å². The Bertz CT molecular complexity index is 1410. The quantitative estimate of drug-likeness (QED) is 0.527. The van der Waals surface area contributed by atoms with E-state index in [2.05, 4.69) is 14.8 Å². The van der Waals surface area contributed by atoms with Crippen LogP contribution in [0.25, 0.3) is 0 Å². The Kier molecular flexibility index (Phi) is 5.55. The van der Waals surface area contributed by atoms with Gasteiger partial charge in [-0.05, 0) is 25.0 Å². The summed E-state index contributed by atoms with van der Waals surface area (Å²) in [7, 11) is -0.478. The Morgan fingerprint density at radius 2 is 2.06 bits per heavy atom. The number of sulfonamides is 1. The van der Waals surface area contributed by atoms with Gasteiger partial charge in [-0.1, -0.05) is 6.08 Å². The average molecular weight is 503 g/mol. The Morgan fingerprint density at radius 1 is 1.29 bits per heavy atom. The molecule has 3 amide bonds. The highest BCUT2D eigenvalue weighted by atomic mass is 32.2. The second-order valence-electron chi connectivity index (χ2n) is 9.09. The lowest BCUT2D eigenvalue weighted by molar-refractivity contribution is -0.455. The first-order chi connectivity index (χ1) is 16.6. The van der Waals surface area contributed by atoms with E-state index in [-0.39, 0.29) is 18.7 Å². The number of halogens is 1. The van der Waals surface area contributed by atoms with Gasteiger partial charge in [0.1, 0.15) is 29.8 Å². The summed E-state index contributed by atoms with van der Waals surface area (Å²) in [4.78, 5) is 32.3. The number of carbonyl (C=O) groups is 2. The van der Waals surface area contributed by atoms with Crippen molar-refractivity contribution in [2.24, 2.45) is 14.1 Å². The SMILES string of the molecule is Cn1cc(CN2C(=O)C3=CC(S(=O)(=O)NC4(CF)CC4)C=CC3=[N+](Cc3nccn3C)C2=O)cn1. The number of fused-ring (bicyclic) bond motifs is 1. The van der Waals surface area contributed by atoms with Crippen LogP contribution in [-0.2, 0) is 42.0 Å². The van der Waals surface area contributed by atoms with Gasteiger partial charge in [0.2, 0.25) is 10.0 Å². The number of alkyl halides is 1. The van der Waals surface area contributed by atoms with Gasteiger partial charge in [-0.15, -0.1) is 0 Å². The van der Waals surface area contributed by atoms with E-state index < -0.39 is 39.4 Å². The molecule has 1 atom stereocenters. The molecule has 1 N–H and O–H groups in total. The second-order valence-corrected chi connectivity index (χ2v) is 10.9. The minimum atomic E-state index is -4.00. The molecular formula is C22H25FN7O4S+. The third-order valence-corrected chi connectivity index (χ3v) is 8.15. The third-order valence-electron chi connectivity index (χ3n) is 6.42. The summed E-state index contributed by atoms with van der Waals surface area (Å²) in [6, 6.07) is -0.549. The number of aromatic nitrogens is 4. The van der Waals surface area contributed by atoms with Crippen LogP contribution in [0.15, 0.2) is 48.6 Å². The predicted octanol–water partition coefficient (Wildman–Crippen LogP) is 0.556. The van der Waals surface area contributed by atoms with Gasteiger partial charge in [0, 0.05) is 38.2 Å². The van der Waals surface area contributed by atoms with Crippen LogP contribution >= 0.6 is 0 Å². The lowest BCUT2D eigenvalue weighted by Gasteiger charge is -2.26. The zero-order chi connectivity index (χ0) is 25.0. The lowest BCUT2D eigenvalue weighted by Crippen LogP contribution is -2.52. The standard InChI is InChI=1S/C22H25FN7O4S/c1-27-8-7-24-19(27)13-29-18-4-3-16(35(33,34)26-22(14-23)5-6-22)9-17(18)20(31)30(21(29)32)12-15-10-25-28(2)11-15/h3-4,7-11,16,26H,5-6,12-14H2,1-2H3/q+1. The van der Waals surface area contributed by atoms with Gasteiger partial charge < -0.3 is 4.57 Å². The van der Waals surface area contributed by atoms with Gasteiger partial charge in [0.25, 0.3) is 0 Å². The van der Waals surface area contributed by atoms with Crippen LogP contribution in [0.5, 0.6) is 0 Å². The molecule has 0 saturated heterocycles. The Morgan fingerprint density at radius 3 is 2.66 bits per heavy atom. The molecule has 1 fully saturated rings. The molecule has 1 aliphatic heterocycles. The summed E-state index contributed by atoms with van der Waals surface area (Å²) in [6.07, 6.45) is 11.6. The van der Waals surface area contributed by atoms with E-state index >= 15 is 0 Å². The zero-order valence-electron chi connectivity index (χ0n) is 19.3. The molecule has 5 rings (SSSR count). The maximum Gasteiger partial charge on any atom is 0.502 e. The molecule has 0 bridgehead atoms. The van der Waals surface area contributed by atoms with Crippen LogP contribution in [0.1, 0.15) is 24.2 Å². The van der Waals surface area contributed by atoms with E-state index in [1.54, 1.807) is 48.1 Å². The minimum Gasteiger partial charge on any atom is -0.335 e. The van der Waals surface area contributed by atoms with Gasteiger partial charge in [0.15, 0.2) is 12.4 Å². The van der Waals surface area contributed by atoms with E-state index in [9.17, 15) is 22.4 Å². The summed E-state index contributed by atoms with van der Waals surface area (Å²) >= 11 is 0. The van der Waals surface area contributed by atoms with Gasteiger partial charge in [-0.25, -0.2) is 27.3 Å². The summed E-state index contributed by atoms with van der Waals surface area (Å²) in [5, 5.41) is 2.91. The smallest absolute Gasteiger partial charge is 0.335 e. The number of amides is 3. The number of nitrogens with zero attached hydrogens (tertiary/aromatic N) is 6. The number of aryl methyl sites for hydroxylation is 2. The number of allylic oxidation sites excluding steroid dienone is 1. The molecule has 0 spiro atoms. The fourth-order valence-electron chi connectivity index (χ4n) is 4.17. The first-order valence-electron chi connectivity index (χ1n) is 11.1. The highest BCUT2D eigenvalue weighted by Gasteiger charge is 2.49. The molecule has 184 valence electrons. The van der Waals surface area contributed by atoms with Gasteiger partial charge >= 0.3 is 11.9 Å². The number of hydrogen-bond donors (Lipinski definition) is 1. The zero-order valence-corrected chi connectivity index (χ0v) is 20.1. The Balaban J connectivity index is 1.54. The molecule has 2 aromatic heterocycles. The monoisotopic (exact) mass is 502 g/mol. The van der Waals surface area contributed by atoms with E-state index in [1.807, 2.05) is 0 Å². The molecule has 2 aromatic rings. The lowest BCUT2D eigenvalue weighted by atomic mass is 9.99. The molecule has 0 aromatic carbocycles.